The molecule has 2 rings (SSSR count). The molecule has 0 spiro atoms. The number of nitrogens with one attached hydrogen (secondary N) is 1. The number of nitrogens with zero attached hydrogens (tertiary/aromatic N) is 2. The summed E-state index contributed by atoms with van der Waals surface area (Å²) < 4.78 is 0. The third kappa shape index (κ3) is 3.27. The molecule has 2 unspecified atom stereocenters. The Balaban J connectivity index is 2.01. The van der Waals surface area contributed by atoms with E-state index in [0.717, 1.165) is 58.4 Å². The largest absolute Gasteiger partial charge is 0.480 e. The van der Waals surface area contributed by atoms with Gasteiger partial charge in [-0.1, -0.05) is 6.92 Å². The summed E-state index contributed by atoms with van der Waals surface area (Å²) in [6.45, 7) is 7.05. The number of piperazine rings is 1. The zero-order valence-electron chi connectivity index (χ0n) is 12.2. The van der Waals surface area contributed by atoms with E-state index in [0.29, 0.717) is 6.04 Å². The van der Waals surface area contributed by atoms with Crippen LogP contribution in [0.4, 0.5) is 0 Å². The van der Waals surface area contributed by atoms with Crippen LogP contribution in [-0.4, -0.2) is 72.2 Å². The lowest BCUT2D eigenvalue weighted by Crippen LogP contribution is -2.60. The van der Waals surface area contributed by atoms with Crippen LogP contribution in [0.15, 0.2) is 0 Å². The molecule has 0 amide bonds. The first kappa shape index (κ1) is 14.8. The van der Waals surface area contributed by atoms with Crippen molar-refractivity contribution in [3.8, 4) is 0 Å². The fourth-order valence-corrected chi connectivity index (χ4v) is 3.51. The predicted octanol–water partition coefficient (Wildman–Crippen LogP) is 0.609. The van der Waals surface area contributed by atoms with Crippen LogP contribution >= 0.6 is 0 Å². The highest BCUT2D eigenvalue weighted by molar-refractivity contribution is 5.79. The van der Waals surface area contributed by atoms with E-state index in [-0.39, 0.29) is 0 Å². The lowest BCUT2D eigenvalue weighted by Gasteiger charge is -2.45. The Hall–Kier alpha value is -0.650. The van der Waals surface area contributed by atoms with Gasteiger partial charge in [0.1, 0.15) is 5.54 Å². The average molecular weight is 269 g/mol. The van der Waals surface area contributed by atoms with Gasteiger partial charge in [0.25, 0.3) is 0 Å². The fourth-order valence-electron chi connectivity index (χ4n) is 3.51. The molecule has 0 bridgehead atoms. The van der Waals surface area contributed by atoms with Gasteiger partial charge < -0.3 is 15.3 Å². The minimum absolute atomic E-state index is 0.428. The van der Waals surface area contributed by atoms with Crippen LogP contribution in [0.25, 0.3) is 0 Å². The third-order valence-corrected chi connectivity index (χ3v) is 4.70. The normalized spacial score (nSPS) is 34.3. The summed E-state index contributed by atoms with van der Waals surface area (Å²) in [4.78, 5) is 16.5. The molecule has 5 heteroatoms. The van der Waals surface area contributed by atoms with Crippen LogP contribution in [0, 0.1) is 0 Å². The second kappa shape index (κ2) is 6.20. The van der Waals surface area contributed by atoms with Gasteiger partial charge in [0.2, 0.25) is 0 Å². The van der Waals surface area contributed by atoms with Crippen molar-refractivity contribution in [2.24, 2.45) is 0 Å². The zero-order chi connectivity index (χ0) is 13.9. The van der Waals surface area contributed by atoms with Crippen LogP contribution in [0.2, 0.25) is 0 Å². The van der Waals surface area contributed by atoms with E-state index in [4.69, 9.17) is 0 Å². The van der Waals surface area contributed by atoms with Crippen molar-refractivity contribution >= 4 is 5.97 Å². The Labute approximate surface area is 115 Å². The number of carboxylic acid groups (broad SMARTS) is 1. The first-order valence-corrected chi connectivity index (χ1v) is 7.48. The fraction of sp³-hybridized carbons (Fsp3) is 0.929. The molecule has 0 radical (unpaired) electrons. The van der Waals surface area contributed by atoms with Crippen molar-refractivity contribution in [3.63, 3.8) is 0 Å². The van der Waals surface area contributed by atoms with Crippen molar-refractivity contribution in [1.82, 2.24) is 15.1 Å². The van der Waals surface area contributed by atoms with E-state index in [1.54, 1.807) is 0 Å². The van der Waals surface area contributed by atoms with Gasteiger partial charge in [-0.25, -0.2) is 0 Å². The minimum atomic E-state index is -0.693. The summed E-state index contributed by atoms with van der Waals surface area (Å²) in [6, 6.07) is 0.428. The van der Waals surface area contributed by atoms with Gasteiger partial charge in [-0.2, -0.15) is 0 Å². The zero-order valence-corrected chi connectivity index (χ0v) is 12.2. The molecule has 1 aliphatic heterocycles. The third-order valence-electron chi connectivity index (χ3n) is 4.70. The number of likely N-dealkylation sites (N-methyl/N-ethyl adjacent to an activating group) is 2. The molecule has 2 aliphatic rings. The molecular weight excluding hydrogens is 242 g/mol. The van der Waals surface area contributed by atoms with Crippen molar-refractivity contribution in [1.29, 1.82) is 0 Å². The van der Waals surface area contributed by atoms with Crippen molar-refractivity contribution in [2.75, 3.05) is 39.8 Å². The summed E-state index contributed by atoms with van der Waals surface area (Å²) in [5, 5.41) is 12.8. The lowest BCUT2D eigenvalue weighted by atomic mass is 9.78. The van der Waals surface area contributed by atoms with Gasteiger partial charge >= 0.3 is 5.97 Å². The summed E-state index contributed by atoms with van der Waals surface area (Å²) >= 11 is 0. The molecule has 1 aliphatic carbocycles. The Morgan fingerprint density at radius 2 is 2.05 bits per heavy atom. The van der Waals surface area contributed by atoms with E-state index in [2.05, 4.69) is 22.2 Å². The molecular formula is C14H27N3O2. The predicted molar refractivity (Wildman–Crippen MR) is 75.4 cm³/mol. The second-order valence-electron chi connectivity index (χ2n) is 6.01. The molecule has 110 valence electrons. The number of carboxylic acids is 1. The molecule has 0 aromatic rings. The maximum atomic E-state index is 11.7. The van der Waals surface area contributed by atoms with E-state index in [1.807, 2.05) is 6.92 Å². The number of rotatable bonds is 4. The summed E-state index contributed by atoms with van der Waals surface area (Å²) in [6.07, 6.45) is 3.67. The van der Waals surface area contributed by atoms with Gasteiger partial charge in [0, 0.05) is 32.2 Å². The molecule has 2 N–H and O–H groups in total. The minimum Gasteiger partial charge on any atom is -0.480 e. The van der Waals surface area contributed by atoms with Gasteiger partial charge in [0.15, 0.2) is 0 Å². The van der Waals surface area contributed by atoms with E-state index in [9.17, 15) is 9.90 Å². The van der Waals surface area contributed by atoms with E-state index < -0.39 is 11.5 Å². The standard InChI is InChI=1S/C14H27N3O2/c1-3-15-14(13(18)19)6-4-5-12(11-14)17-9-7-16(2)8-10-17/h12,15H,3-11H2,1-2H3,(H,18,19). The molecule has 1 saturated carbocycles. The monoisotopic (exact) mass is 269 g/mol. The topological polar surface area (TPSA) is 55.8 Å². The molecule has 1 heterocycles. The van der Waals surface area contributed by atoms with E-state index >= 15 is 0 Å². The van der Waals surface area contributed by atoms with E-state index in [1.165, 1.54) is 0 Å². The van der Waals surface area contributed by atoms with Crippen LogP contribution < -0.4 is 5.32 Å². The molecule has 2 fully saturated rings. The van der Waals surface area contributed by atoms with Crippen LogP contribution in [0.1, 0.15) is 32.6 Å². The highest BCUT2D eigenvalue weighted by Gasteiger charge is 2.43. The number of hydrogen-bond donors (Lipinski definition) is 2. The number of hydrogen-bond acceptors (Lipinski definition) is 4. The van der Waals surface area contributed by atoms with Crippen molar-refractivity contribution in [3.05, 3.63) is 0 Å². The number of aliphatic carboxylic acids is 1. The maximum Gasteiger partial charge on any atom is 0.323 e. The number of carbonyl (C=O) groups is 1. The SMILES string of the molecule is CCNC1(C(=O)O)CCCC(N2CCN(C)CC2)C1. The van der Waals surface area contributed by atoms with Gasteiger partial charge in [0.05, 0.1) is 0 Å². The smallest absolute Gasteiger partial charge is 0.323 e. The van der Waals surface area contributed by atoms with Crippen molar-refractivity contribution < 1.29 is 9.90 Å². The molecule has 1 saturated heterocycles. The quantitative estimate of drug-likeness (QED) is 0.783. The lowest BCUT2D eigenvalue weighted by molar-refractivity contribution is -0.147. The van der Waals surface area contributed by atoms with Crippen LogP contribution in [0.3, 0.4) is 0 Å². The molecule has 0 aromatic heterocycles. The average Bonchev–Trinajstić information content (AvgIpc) is 2.40. The summed E-state index contributed by atoms with van der Waals surface area (Å²) in [7, 11) is 2.15. The maximum absolute atomic E-state index is 11.7. The van der Waals surface area contributed by atoms with Gasteiger partial charge in [-0.15, -0.1) is 0 Å². The molecule has 0 aromatic carbocycles. The first-order chi connectivity index (χ1) is 9.07. The Kier molecular flexibility index (Phi) is 4.81. The first-order valence-electron chi connectivity index (χ1n) is 7.48. The molecule has 19 heavy (non-hydrogen) atoms. The Morgan fingerprint density at radius 3 is 2.63 bits per heavy atom. The molecule has 5 nitrogen and oxygen atoms in total. The van der Waals surface area contributed by atoms with Gasteiger partial charge in [-0.05, 0) is 39.3 Å². The Bertz CT molecular complexity index is 312. The highest BCUT2D eigenvalue weighted by atomic mass is 16.4. The summed E-state index contributed by atoms with van der Waals surface area (Å²) in [5.74, 6) is -0.673. The van der Waals surface area contributed by atoms with Gasteiger partial charge in [-0.3, -0.25) is 9.69 Å². The van der Waals surface area contributed by atoms with Crippen molar-refractivity contribution in [2.45, 2.75) is 44.2 Å². The van der Waals surface area contributed by atoms with Crippen LogP contribution in [0.5, 0.6) is 0 Å². The second-order valence-corrected chi connectivity index (χ2v) is 6.01. The summed E-state index contributed by atoms with van der Waals surface area (Å²) in [5.41, 5.74) is -0.693. The van der Waals surface area contributed by atoms with Crippen LogP contribution in [-0.2, 0) is 4.79 Å². The highest BCUT2D eigenvalue weighted by Crippen LogP contribution is 2.32. The Morgan fingerprint density at radius 1 is 1.37 bits per heavy atom. The molecule has 2 atom stereocenters.